The van der Waals surface area contributed by atoms with E-state index in [0.29, 0.717) is 11.4 Å². The van der Waals surface area contributed by atoms with Crippen molar-refractivity contribution in [3.05, 3.63) is 95.3 Å². The quantitative estimate of drug-likeness (QED) is 0.488. The highest BCUT2D eigenvalue weighted by atomic mass is 16.5. The SMILES string of the molecule is COc1ccccc1CN(C(=O)c1ccccn1)[C@@H](C(=O)NC1CCCCC1)c1ccccc1C. The van der Waals surface area contributed by atoms with Gasteiger partial charge in [-0.05, 0) is 49.1 Å². The van der Waals surface area contributed by atoms with E-state index in [1.165, 1.54) is 6.42 Å². The van der Waals surface area contributed by atoms with E-state index in [1.807, 2.05) is 55.5 Å². The number of methoxy groups -OCH3 is 1. The van der Waals surface area contributed by atoms with Crippen molar-refractivity contribution in [1.29, 1.82) is 0 Å². The molecule has 1 aromatic heterocycles. The van der Waals surface area contributed by atoms with Crippen molar-refractivity contribution >= 4 is 11.8 Å². The van der Waals surface area contributed by atoms with Gasteiger partial charge in [-0.2, -0.15) is 0 Å². The highest BCUT2D eigenvalue weighted by Crippen LogP contribution is 2.31. The summed E-state index contributed by atoms with van der Waals surface area (Å²) in [6, 6.07) is 19.9. The number of carbonyl (C=O) groups excluding carboxylic acids is 2. The van der Waals surface area contributed by atoms with Crippen LogP contribution in [0, 0.1) is 6.92 Å². The van der Waals surface area contributed by atoms with Gasteiger partial charge >= 0.3 is 0 Å². The molecule has 1 heterocycles. The summed E-state index contributed by atoms with van der Waals surface area (Å²) in [6.45, 7) is 2.18. The summed E-state index contributed by atoms with van der Waals surface area (Å²) in [5, 5.41) is 3.26. The van der Waals surface area contributed by atoms with Gasteiger partial charge in [0.2, 0.25) is 5.91 Å². The summed E-state index contributed by atoms with van der Waals surface area (Å²) >= 11 is 0. The van der Waals surface area contributed by atoms with Crippen LogP contribution in [0.5, 0.6) is 5.75 Å². The maximum absolute atomic E-state index is 13.9. The molecule has 2 aromatic carbocycles. The molecule has 0 unspecified atom stereocenters. The second kappa shape index (κ2) is 11.6. The summed E-state index contributed by atoms with van der Waals surface area (Å²) in [4.78, 5) is 33.8. The fourth-order valence-corrected chi connectivity index (χ4v) is 4.81. The molecule has 1 atom stereocenters. The van der Waals surface area contributed by atoms with Gasteiger partial charge in [-0.1, -0.05) is 67.8 Å². The van der Waals surface area contributed by atoms with Gasteiger partial charge in [0, 0.05) is 17.8 Å². The number of hydrogen-bond donors (Lipinski definition) is 1. The smallest absolute Gasteiger partial charge is 0.273 e. The number of carbonyl (C=O) groups is 2. The average Bonchev–Trinajstić information content (AvgIpc) is 2.90. The average molecular weight is 472 g/mol. The second-order valence-electron chi connectivity index (χ2n) is 9.06. The molecule has 0 saturated heterocycles. The zero-order valence-electron chi connectivity index (χ0n) is 20.4. The monoisotopic (exact) mass is 471 g/mol. The summed E-state index contributed by atoms with van der Waals surface area (Å²) in [6.07, 6.45) is 6.94. The lowest BCUT2D eigenvalue weighted by Crippen LogP contribution is -2.47. The molecule has 1 fully saturated rings. The molecule has 2 amide bonds. The number of aryl methyl sites for hydroxylation is 1. The Morgan fingerprint density at radius 1 is 1.00 bits per heavy atom. The molecule has 6 nitrogen and oxygen atoms in total. The minimum atomic E-state index is -0.808. The van der Waals surface area contributed by atoms with E-state index in [1.54, 1.807) is 36.4 Å². The number of rotatable bonds is 8. The third-order valence-electron chi connectivity index (χ3n) is 6.67. The van der Waals surface area contributed by atoms with E-state index in [-0.39, 0.29) is 24.4 Å². The molecule has 0 radical (unpaired) electrons. The van der Waals surface area contributed by atoms with Crippen LogP contribution in [-0.2, 0) is 11.3 Å². The molecule has 3 aromatic rings. The van der Waals surface area contributed by atoms with E-state index in [9.17, 15) is 9.59 Å². The summed E-state index contributed by atoms with van der Waals surface area (Å²) in [7, 11) is 1.61. The molecule has 0 bridgehead atoms. The number of ether oxygens (including phenoxy) is 1. The Morgan fingerprint density at radius 2 is 1.71 bits per heavy atom. The molecule has 1 saturated carbocycles. The van der Waals surface area contributed by atoms with Gasteiger partial charge < -0.3 is 15.0 Å². The Bertz CT molecular complexity index is 1140. The van der Waals surface area contributed by atoms with Crippen molar-refractivity contribution in [3.63, 3.8) is 0 Å². The van der Waals surface area contributed by atoms with Gasteiger partial charge in [-0.25, -0.2) is 0 Å². The lowest BCUT2D eigenvalue weighted by atomic mass is 9.93. The van der Waals surface area contributed by atoms with Gasteiger partial charge in [0.25, 0.3) is 5.91 Å². The van der Waals surface area contributed by atoms with Crippen LogP contribution in [-0.4, -0.2) is 34.8 Å². The predicted molar refractivity (Wildman–Crippen MR) is 136 cm³/mol. The molecular formula is C29H33N3O3. The minimum Gasteiger partial charge on any atom is -0.496 e. The van der Waals surface area contributed by atoms with Crippen molar-refractivity contribution in [3.8, 4) is 5.75 Å². The largest absolute Gasteiger partial charge is 0.496 e. The topological polar surface area (TPSA) is 71.5 Å². The Morgan fingerprint density at radius 3 is 2.43 bits per heavy atom. The van der Waals surface area contributed by atoms with Crippen LogP contribution in [0.4, 0.5) is 0 Å². The number of aromatic nitrogens is 1. The number of pyridine rings is 1. The molecule has 4 rings (SSSR count). The molecule has 0 spiro atoms. The molecule has 1 aliphatic carbocycles. The zero-order valence-corrected chi connectivity index (χ0v) is 20.4. The number of hydrogen-bond acceptors (Lipinski definition) is 4. The predicted octanol–water partition coefficient (Wildman–Crippen LogP) is 5.23. The van der Waals surface area contributed by atoms with Crippen LogP contribution < -0.4 is 10.1 Å². The van der Waals surface area contributed by atoms with Crippen LogP contribution >= 0.6 is 0 Å². The number of nitrogens with zero attached hydrogens (tertiary/aromatic N) is 2. The lowest BCUT2D eigenvalue weighted by molar-refractivity contribution is -0.127. The van der Waals surface area contributed by atoms with Crippen molar-refractivity contribution in [2.24, 2.45) is 0 Å². The van der Waals surface area contributed by atoms with Crippen LogP contribution in [0.2, 0.25) is 0 Å². The highest BCUT2D eigenvalue weighted by Gasteiger charge is 2.35. The Balaban J connectivity index is 1.78. The van der Waals surface area contributed by atoms with Crippen molar-refractivity contribution in [2.45, 2.75) is 57.7 Å². The highest BCUT2D eigenvalue weighted by molar-refractivity contribution is 5.96. The second-order valence-corrected chi connectivity index (χ2v) is 9.06. The molecule has 182 valence electrons. The lowest BCUT2D eigenvalue weighted by Gasteiger charge is -2.34. The van der Waals surface area contributed by atoms with E-state index < -0.39 is 6.04 Å². The van der Waals surface area contributed by atoms with E-state index in [0.717, 1.165) is 42.4 Å². The fraction of sp³-hybridized carbons (Fsp3) is 0.345. The van der Waals surface area contributed by atoms with E-state index in [2.05, 4.69) is 10.3 Å². The fourth-order valence-electron chi connectivity index (χ4n) is 4.81. The Kier molecular flexibility index (Phi) is 8.14. The molecule has 6 heteroatoms. The van der Waals surface area contributed by atoms with Crippen molar-refractivity contribution < 1.29 is 14.3 Å². The van der Waals surface area contributed by atoms with Gasteiger partial charge in [0.05, 0.1) is 13.7 Å². The summed E-state index contributed by atoms with van der Waals surface area (Å²) < 4.78 is 5.57. The number of nitrogens with one attached hydrogen (secondary N) is 1. The molecule has 35 heavy (non-hydrogen) atoms. The Labute approximate surface area is 207 Å². The molecule has 0 aliphatic heterocycles. The first-order chi connectivity index (χ1) is 17.1. The van der Waals surface area contributed by atoms with E-state index >= 15 is 0 Å². The zero-order chi connectivity index (χ0) is 24.6. The Hall–Kier alpha value is -3.67. The first-order valence-electron chi connectivity index (χ1n) is 12.3. The summed E-state index contributed by atoms with van der Waals surface area (Å²) in [5.41, 5.74) is 2.88. The minimum absolute atomic E-state index is 0.126. The maximum Gasteiger partial charge on any atom is 0.273 e. The first kappa shape index (κ1) is 24.5. The normalized spacial score (nSPS) is 14.7. The third kappa shape index (κ3) is 5.88. The van der Waals surface area contributed by atoms with Crippen molar-refractivity contribution in [2.75, 3.05) is 7.11 Å². The van der Waals surface area contributed by atoms with Crippen molar-refractivity contribution in [1.82, 2.24) is 15.2 Å². The maximum atomic E-state index is 13.9. The summed E-state index contributed by atoms with van der Waals surface area (Å²) in [5.74, 6) is 0.205. The van der Waals surface area contributed by atoms with Gasteiger partial charge in [-0.3, -0.25) is 14.6 Å². The molecular weight excluding hydrogens is 438 g/mol. The number of amides is 2. The molecule has 1 aliphatic rings. The molecule has 1 N–H and O–H groups in total. The van der Waals surface area contributed by atoms with Crippen LogP contribution in [0.1, 0.15) is 65.3 Å². The number of benzene rings is 2. The van der Waals surface area contributed by atoms with Crippen LogP contribution in [0.15, 0.2) is 72.9 Å². The van der Waals surface area contributed by atoms with E-state index in [4.69, 9.17) is 4.74 Å². The van der Waals surface area contributed by atoms with Gasteiger partial charge in [-0.15, -0.1) is 0 Å². The standard InChI is InChI=1S/C29H33N3O3/c1-21-12-6-8-16-24(21)27(28(33)31-23-14-4-3-5-15-23)32(29(34)25-17-10-11-19-30-25)20-22-13-7-9-18-26(22)35-2/h6-13,16-19,23,27H,3-5,14-15,20H2,1-2H3,(H,31,33)/t27-/m1/s1. The first-order valence-corrected chi connectivity index (χ1v) is 12.3. The van der Waals surface area contributed by atoms with Crippen LogP contribution in [0.25, 0.3) is 0 Å². The van der Waals surface area contributed by atoms with Gasteiger partial charge in [0.1, 0.15) is 17.5 Å². The number of para-hydroxylation sites is 1. The third-order valence-corrected chi connectivity index (χ3v) is 6.67. The van der Waals surface area contributed by atoms with Gasteiger partial charge in [0.15, 0.2) is 0 Å². The van der Waals surface area contributed by atoms with Crippen LogP contribution in [0.3, 0.4) is 0 Å².